The predicted octanol–water partition coefficient (Wildman–Crippen LogP) is 2.75. The molecule has 0 aromatic carbocycles. The van der Waals surface area contributed by atoms with Crippen LogP contribution in [0.15, 0.2) is 18.5 Å². The highest BCUT2D eigenvalue weighted by Gasteiger charge is 2.33. The number of rotatable bonds is 5. The molecule has 0 bridgehead atoms. The highest BCUT2D eigenvalue weighted by molar-refractivity contribution is 5.36. The van der Waals surface area contributed by atoms with E-state index in [1.165, 1.54) is 13.3 Å². The lowest BCUT2D eigenvalue weighted by Gasteiger charge is -2.11. The molecule has 6 nitrogen and oxygen atoms in total. The summed E-state index contributed by atoms with van der Waals surface area (Å²) in [5.74, 6) is 1.04. The summed E-state index contributed by atoms with van der Waals surface area (Å²) in [6, 6.07) is 2.79. The third-order valence-electron chi connectivity index (χ3n) is 3.88. The molecule has 1 saturated heterocycles. The summed E-state index contributed by atoms with van der Waals surface area (Å²) in [6.45, 7) is 3.27. The van der Waals surface area contributed by atoms with Crippen LogP contribution in [-0.4, -0.2) is 39.7 Å². The molecule has 0 unspecified atom stereocenters. The molecule has 1 aliphatic rings. The van der Waals surface area contributed by atoms with E-state index in [2.05, 4.69) is 25.3 Å². The molecule has 134 valence electrons. The van der Waals surface area contributed by atoms with Gasteiger partial charge in [-0.3, -0.25) is 0 Å². The van der Waals surface area contributed by atoms with Crippen LogP contribution in [0.2, 0.25) is 0 Å². The first kappa shape index (κ1) is 17.5. The maximum Gasteiger partial charge on any atom is 0.433 e. The first-order chi connectivity index (χ1) is 11.9. The van der Waals surface area contributed by atoms with Gasteiger partial charge in [-0.05, 0) is 19.4 Å². The second kappa shape index (κ2) is 7.30. The van der Waals surface area contributed by atoms with Gasteiger partial charge in [-0.25, -0.2) is 19.9 Å². The number of aromatic nitrogens is 4. The van der Waals surface area contributed by atoms with E-state index in [-0.39, 0.29) is 18.2 Å². The van der Waals surface area contributed by atoms with Gasteiger partial charge in [-0.15, -0.1) is 0 Å². The van der Waals surface area contributed by atoms with Gasteiger partial charge in [0.1, 0.15) is 23.7 Å². The van der Waals surface area contributed by atoms with Gasteiger partial charge in [0, 0.05) is 37.3 Å². The Morgan fingerprint density at radius 1 is 1.24 bits per heavy atom. The normalized spacial score (nSPS) is 17.7. The molecule has 0 radical (unpaired) electrons. The van der Waals surface area contributed by atoms with Crippen molar-refractivity contribution in [2.45, 2.75) is 31.9 Å². The molecule has 2 aromatic rings. The molecule has 1 aliphatic heterocycles. The first-order valence-corrected chi connectivity index (χ1v) is 7.97. The van der Waals surface area contributed by atoms with Crippen LogP contribution < -0.4 is 5.32 Å². The summed E-state index contributed by atoms with van der Waals surface area (Å²) < 4.78 is 43.7. The molecule has 0 saturated carbocycles. The average Bonchev–Trinajstić information content (AvgIpc) is 3.08. The van der Waals surface area contributed by atoms with Crippen molar-refractivity contribution < 1.29 is 17.9 Å². The Bertz CT molecular complexity index is 732. The van der Waals surface area contributed by atoms with E-state index >= 15 is 0 Å². The molecule has 3 heterocycles. The molecule has 2 aromatic heterocycles. The van der Waals surface area contributed by atoms with Crippen molar-refractivity contribution >= 4 is 5.82 Å². The SMILES string of the molecule is Cc1cc(C(F)(F)F)nc(CCNc2cc([C@H]3CCOC3)ncn2)n1. The molecular weight excluding hydrogens is 335 g/mol. The minimum atomic E-state index is -4.47. The van der Waals surface area contributed by atoms with Gasteiger partial charge < -0.3 is 10.1 Å². The lowest BCUT2D eigenvalue weighted by molar-refractivity contribution is -0.141. The summed E-state index contributed by atoms with van der Waals surface area (Å²) in [4.78, 5) is 16.0. The molecule has 1 fully saturated rings. The molecule has 9 heteroatoms. The summed E-state index contributed by atoms with van der Waals surface area (Å²) in [6.07, 6.45) is -1.81. The standard InChI is InChI=1S/C16H18F3N5O/c1-10-6-13(16(17,18)19)24-14(23-10)2-4-20-15-7-12(21-9-22-15)11-3-5-25-8-11/h6-7,9,11H,2-5,8H2,1H3,(H,20,21,22)/t11-/m0/s1. The second-order valence-electron chi connectivity index (χ2n) is 5.87. The Morgan fingerprint density at radius 2 is 2.08 bits per heavy atom. The van der Waals surface area contributed by atoms with Crippen molar-refractivity contribution in [2.75, 3.05) is 25.1 Å². The van der Waals surface area contributed by atoms with Crippen molar-refractivity contribution in [3.8, 4) is 0 Å². The third-order valence-corrected chi connectivity index (χ3v) is 3.88. The number of alkyl halides is 3. The van der Waals surface area contributed by atoms with Gasteiger partial charge >= 0.3 is 6.18 Å². The Balaban J connectivity index is 1.61. The van der Waals surface area contributed by atoms with Crippen molar-refractivity contribution in [1.29, 1.82) is 0 Å². The number of ether oxygens (including phenoxy) is 1. The van der Waals surface area contributed by atoms with Crippen LogP contribution >= 0.6 is 0 Å². The predicted molar refractivity (Wildman–Crippen MR) is 84.2 cm³/mol. The van der Waals surface area contributed by atoms with E-state index in [1.807, 2.05) is 6.07 Å². The van der Waals surface area contributed by atoms with E-state index in [1.54, 1.807) is 0 Å². The highest BCUT2D eigenvalue weighted by Crippen LogP contribution is 2.28. The van der Waals surface area contributed by atoms with Crippen LogP contribution in [0, 0.1) is 6.92 Å². The average molecular weight is 353 g/mol. The number of hydrogen-bond donors (Lipinski definition) is 1. The Labute approximate surface area is 142 Å². The fraction of sp³-hybridized carbons (Fsp3) is 0.500. The molecule has 1 atom stereocenters. The second-order valence-corrected chi connectivity index (χ2v) is 5.87. The van der Waals surface area contributed by atoms with Crippen molar-refractivity contribution in [3.05, 3.63) is 41.4 Å². The van der Waals surface area contributed by atoms with Crippen LogP contribution in [0.3, 0.4) is 0 Å². The number of nitrogens with one attached hydrogen (secondary N) is 1. The van der Waals surface area contributed by atoms with Crippen molar-refractivity contribution in [1.82, 2.24) is 19.9 Å². The van der Waals surface area contributed by atoms with Crippen molar-refractivity contribution in [3.63, 3.8) is 0 Å². The monoisotopic (exact) mass is 353 g/mol. The summed E-state index contributed by atoms with van der Waals surface area (Å²) >= 11 is 0. The number of anilines is 1. The maximum atomic E-state index is 12.8. The van der Waals surface area contributed by atoms with E-state index in [0.717, 1.165) is 24.8 Å². The summed E-state index contributed by atoms with van der Waals surface area (Å²) in [7, 11) is 0. The molecule has 3 rings (SSSR count). The van der Waals surface area contributed by atoms with Gasteiger partial charge in [0.2, 0.25) is 0 Å². The van der Waals surface area contributed by atoms with Crippen LogP contribution in [0.5, 0.6) is 0 Å². The number of aryl methyl sites for hydroxylation is 1. The zero-order valence-electron chi connectivity index (χ0n) is 13.7. The molecule has 0 spiro atoms. The van der Waals surface area contributed by atoms with E-state index < -0.39 is 11.9 Å². The molecule has 1 N–H and O–H groups in total. The Kier molecular flexibility index (Phi) is 5.12. The number of halogens is 3. The van der Waals surface area contributed by atoms with E-state index in [4.69, 9.17) is 4.74 Å². The molecular formula is C16H18F3N5O. The number of hydrogen-bond acceptors (Lipinski definition) is 6. The topological polar surface area (TPSA) is 72.8 Å². The van der Waals surface area contributed by atoms with Crippen LogP contribution in [0.25, 0.3) is 0 Å². The molecule has 0 aliphatic carbocycles. The van der Waals surface area contributed by atoms with E-state index in [0.29, 0.717) is 24.7 Å². The van der Waals surface area contributed by atoms with Gasteiger partial charge in [0.25, 0.3) is 0 Å². The zero-order valence-corrected chi connectivity index (χ0v) is 13.7. The Morgan fingerprint density at radius 3 is 2.80 bits per heavy atom. The Hall–Kier alpha value is -2.29. The van der Waals surface area contributed by atoms with Crippen molar-refractivity contribution in [2.24, 2.45) is 0 Å². The largest absolute Gasteiger partial charge is 0.433 e. The van der Waals surface area contributed by atoms with Gasteiger partial charge in [0.05, 0.1) is 12.3 Å². The minimum Gasteiger partial charge on any atom is -0.381 e. The lowest BCUT2D eigenvalue weighted by Crippen LogP contribution is -2.15. The molecule has 25 heavy (non-hydrogen) atoms. The fourth-order valence-corrected chi connectivity index (χ4v) is 2.65. The van der Waals surface area contributed by atoms with Crippen LogP contribution in [0.1, 0.15) is 35.2 Å². The van der Waals surface area contributed by atoms with E-state index in [9.17, 15) is 13.2 Å². The first-order valence-electron chi connectivity index (χ1n) is 7.97. The highest BCUT2D eigenvalue weighted by atomic mass is 19.4. The number of nitrogens with zero attached hydrogens (tertiary/aromatic N) is 4. The maximum absolute atomic E-state index is 12.8. The smallest absolute Gasteiger partial charge is 0.381 e. The zero-order chi connectivity index (χ0) is 17.9. The van der Waals surface area contributed by atoms with Gasteiger partial charge in [-0.2, -0.15) is 13.2 Å². The van der Waals surface area contributed by atoms with Crippen LogP contribution in [-0.2, 0) is 17.3 Å². The molecule has 0 amide bonds. The third kappa shape index (κ3) is 4.62. The van der Waals surface area contributed by atoms with Gasteiger partial charge in [-0.1, -0.05) is 0 Å². The summed E-state index contributed by atoms with van der Waals surface area (Å²) in [5, 5.41) is 3.08. The lowest BCUT2D eigenvalue weighted by atomic mass is 10.1. The fourth-order valence-electron chi connectivity index (χ4n) is 2.65. The van der Waals surface area contributed by atoms with Crippen LogP contribution in [0.4, 0.5) is 19.0 Å². The quantitative estimate of drug-likeness (QED) is 0.891. The minimum absolute atomic E-state index is 0.151. The van der Waals surface area contributed by atoms with Gasteiger partial charge in [0.15, 0.2) is 0 Å². The summed E-state index contributed by atoms with van der Waals surface area (Å²) in [5.41, 5.74) is 0.282.